The van der Waals surface area contributed by atoms with Crippen molar-refractivity contribution >= 4 is 40.8 Å². The van der Waals surface area contributed by atoms with Gasteiger partial charge in [-0.1, -0.05) is 12.2 Å². The molecule has 1 aromatic carbocycles. The van der Waals surface area contributed by atoms with Crippen LogP contribution in [0.15, 0.2) is 24.3 Å². The number of carbonyl (C=O) groups is 3. The van der Waals surface area contributed by atoms with Crippen molar-refractivity contribution in [1.29, 1.82) is 0 Å². The molecular weight excluding hydrogens is 435 g/mol. The normalized spacial score (nSPS) is 20.7. The quantitative estimate of drug-likeness (QED) is 0.556. The minimum absolute atomic E-state index is 0.00432. The van der Waals surface area contributed by atoms with E-state index < -0.39 is 23.4 Å². The lowest BCUT2D eigenvalue weighted by Crippen LogP contribution is -2.50. The van der Waals surface area contributed by atoms with Gasteiger partial charge in [0.05, 0.1) is 0 Å². The topological polar surface area (TPSA) is 114 Å². The molecule has 0 bridgehead atoms. The van der Waals surface area contributed by atoms with Crippen molar-refractivity contribution in [2.75, 3.05) is 19.4 Å². The van der Waals surface area contributed by atoms with Gasteiger partial charge in [0.2, 0.25) is 5.91 Å². The third-order valence-corrected chi connectivity index (χ3v) is 5.83. The van der Waals surface area contributed by atoms with Crippen LogP contribution in [-0.4, -0.2) is 53.5 Å². The molecule has 0 saturated heterocycles. The molecule has 8 nitrogen and oxygen atoms in total. The zero-order valence-corrected chi connectivity index (χ0v) is 19.6. The van der Waals surface area contributed by atoms with E-state index in [1.807, 2.05) is 0 Å². The van der Waals surface area contributed by atoms with Crippen LogP contribution in [0.1, 0.15) is 39.5 Å². The average molecular weight is 467 g/mol. The Labute approximate surface area is 193 Å². The Morgan fingerprint density at radius 3 is 2.41 bits per heavy atom. The van der Waals surface area contributed by atoms with Gasteiger partial charge in [0, 0.05) is 31.7 Å². The molecular formula is C22H31FN4O4S. The molecule has 3 unspecified atom stereocenters. The van der Waals surface area contributed by atoms with Gasteiger partial charge in [0.1, 0.15) is 11.4 Å². The largest absolute Gasteiger partial charge is 0.444 e. The van der Waals surface area contributed by atoms with Gasteiger partial charge in [-0.2, -0.15) is 0 Å². The van der Waals surface area contributed by atoms with Gasteiger partial charge < -0.3 is 26.0 Å². The SMILES string of the molecule is CN(C)C(=O)C1CCC(NC(=S)C(=O)Nc2ccc(F)cc2)C(CC(C)(C)OC(N)=O)C1. The smallest absolute Gasteiger partial charge is 0.405 e. The molecule has 176 valence electrons. The van der Waals surface area contributed by atoms with Gasteiger partial charge in [0.15, 0.2) is 4.99 Å². The van der Waals surface area contributed by atoms with E-state index in [0.717, 1.165) is 0 Å². The van der Waals surface area contributed by atoms with Gasteiger partial charge in [-0.25, -0.2) is 9.18 Å². The molecule has 2 rings (SSSR count). The third kappa shape index (κ3) is 7.44. The molecule has 0 radical (unpaired) electrons. The summed E-state index contributed by atoms with van der Waals surface area (Å²) in [5.41, 5.74) is 4.78. The summed E-state index contributed by atoms with van der Waals surface area (Å²) in [6, 6.07) is 5.18. The second kappa shape index (κ2) is 10.7. The lowest BCUT2D eigenvalue weighted by molar-refractivity contribution is -0.135. The highest BCUT2D eigenvalue weighted by atomic mass is 32.1. The lowest BCUT2D eigenvalue weighted by atomic mass is 9.73. The number of nitrogens with one attached hydrogen (secondary N) is 2. The summed E-state index contributed by atoms with van der Waals surface area (Å²) in [6.45, 7) is 3.51. The number of ether oxygens (including phenoxy) is 1. The van der Waals surface area contributed by atoms with Crippen LogP contribution < -0.4 is 16.4 Å². The van der Waals surface area contributed by atoms with Crippen molar-refractivity contribution < 1.29 is 23.5 Å². The first-order chi connectivity index (χ1) is 14.9. The monoisotopic (exact) mass is 466 g/mol. The molecule has 0 aromatic heterocycles. The number of nitrogens with two attached hydrogens (primary N) is 1. The van der Waals surface area contributed by atoms with E-state index in [-0.39, 0.29) is 28.8 Å². The van der Waals surface area contributed by atoms with Crippen LogP contribution in [0.2, 0.25) is 0 Å². The first-order valence-corrected chi connectivity index (χ1v) is 10.9. The van der Waals surface area contributed by atoms with E-state index >= 15 is 0 Å². The maximum Gasteiger partial charge on any atom is 0.405 e. The summed E-state index contributed by atoms with van der Waals surface area (Å²) < 4.78 is 18.3. The molecule has 1 saturated carbocycles. The first-order valence-electron chi connectivity index (χ1n) is 10.4. The summed E-state index contributed by atoms with van der Waals surface area (Å²) in [7, 11) is 3.44. The fourth-order valence-corrected chi connectivity index (χ4v) is 4.37. The highest BCUT2D eigenvalue weighted by molar-refractivity contribution is 7.82. The molecule has 1 fully saturated rings. The predicted molar refractivity (Wildman–Crippen MR) is 123 cm³/mol. The Hall–Kier alpha value is -2.75. The number of rotatable bonds is 6. The first kappa shape index (κ1) is 25.5. The molecule has 1 aromatic rings. The zero-order valence-electron chi connectivity index (χ0n) is 18.8. The maximum atomic E-state index is 13.1. The van der Waals surface area contributed by atoms with Crippen molar-refractivity contribution in [3.8, 4) is 0 Å². The number of hydrogen-bond donors (Lipinski definition) is 3. The third-order valence-electron chi connectivity index (χ3n) is 5.53. The summed E-state index contributed by atoms with van der Waals surface area (Å²) >= 11 is 5.29. The van der Waals surface area contributed by atoms with Crippen LogP contribution in [0.3, 0.4) is 0 Å². The van der Waals surface area contributed by atoms with Crippen LogP contribution >= 0.6 is 12.2 Å². The van der Waals surface area contributed by atoms with Crippen LogP contribution in [0, 0.1) is 17.7 Å². The second-order valence-corrected chi connectivity index (χ2v) is 9.34. The fourth-order valence-electron chi connectivity index (χ4n) is 4.17. The highest BCUT2D eigenvalue weighted by Gasteiger charge is 2.39. The molecule has 4 N–H and O–H groups in total. The molecule has 10 heteroatoms. The van der Waals surface area contributed by atoms with E-state index in [4.69, 9.17) is 22.7 Å². The van der Waals surface area contributed by atoms with E-state index in [1.165, 1.54) is 24.3 Å². The fraction of sp³-hybridized carbons (Fsp3) is 0.545. The number of carbonyl (C=O) groups excluding carboxylic acids is 3. The Kier molecular flexibility index (Phi) is 8.54. The Morgan fingerprint density at radius 1 is 1.22 bits per heavy atom. The predicted octanol–water partition coefficient (Wildman–Crippen LogP) is 2.82. The number of thiocarbonyl (C=S) groups is 1. The van der Waals surface area contributed by atoms with Gasteiger partial charge >= 0.3 is 6.09 Å². The van der Waals surface area contributed by atoms with Crippen LogP contribution in [0.5, 0.6) is 0 Å². The maximum absolute atomic E-state index is 13.1. The van der Waals surface area contributed by atoms with Crippen LogP contribution in [0.25, 0.3) is 0 Å². The van der Waals surface area contributed by atoms with E-state index in [9.17, 15) is 18.8 Å². The molecule has 0 aliphatic heterocycles. The number of nitrogens with zero attached hydrogens (tertiary/aromatic N) is 1. The standard InChI is InChI=1S/C22H31FN4O4S/c1-22(2,31-21(24)30)12-14-11-13(20(29)27(3)4)5-10-17(14)26-19(32)18(28)25-16-8-6-15(23)7-9-16/h6-9,13-14,17H,5,10-12H2,1-4H3,(H2,24,30)(H,25,28)(H,26,32). The van der Waals surface area contributed by atoms with Crippen LogP contribution in [0.4, 0.5) is 14.9 Å². The summed E-state index contributed by atoms with van der Waals surface area (Å²) in [5, 5.41) is 5.75. The number of anilines is 1. The average Bonchev–Trinajstić information content (AvgIpc) is 2.68. The van der Waals surface area contributed by atoms with Crippen molar-refractivity contribution in [2.24, 2.45) is 17.6 Å². The number of benzene rings is 1. The van der Waals surface area contributed by atoms with E-state index in [0.29, 0.717) is 31.4 Å². The number of amides is 3. The van der Waals surface area contributed by atoms with Crippen molar-refractivity contribution in [2.45, 2.75) is 51.2 Å². The molecule has 3 amide bonds. The Balaban J connectivity index is 2.10. The number of halogens is 1. The van der Waals surface area contributed by atoms with Gasteiger partial charge in [-0.15, -0.1) is 0 Å². The summed E-state index contributed by atoms with van der Waals surface area (Å²) in [6.07, 6.45) is 1.39. The highest BCUT2D eigenvalue weighted by Crippen LogP contribution is 2.36. The number of primary amides is 1. The molecule has 3 atom stereocenters. The zero-order chi connectivity index (χ0) is 24.1. The molecule has 1 aliphatic carbocycles. The van der Waals surface area contributed by atoms with Gasteiger partial charge in [-0.05, 0) is 69.7 Å². The Bertz CT molecular complexity index is 860. The van der Waals surface area contributed by atoms with Gasteiger partial charge in [-0.3, -0.25) is 9.59 Å². The lowest BCUT2D eigenvalue weighted by Gasteiger charge is -2.40. The van der Waals surface area contributed by atoms with Gasteiger partial charge in [0.25, 0.3) is 5.91 Å². The molecule has 1 aliphatic rings. The summed E-state index contributed by atoms with van der Waals surface area (Å²) in [5.74, 6) is -1.14. The van der Waals surface area contributed by atoms with Crippen molar-refractivity contribution in [3.63, 3.8) is 0 Å². The molecule has 32 heavy (non-hydrogen) atoms. The summed E-state index contributed by atoms with van der Waals surface area (Å²) in [4.78, 5) is 37.9. The minimum Gasteiger partial charge on any atom is -0.444 e. The van der Waals surface area contributed by atoms with Crippen molar-refractivity contribution in [1.82, 2.24) is 10.2 Å². The molecule has 0 heterocycles. The second-order valence-electron chi connectivity index (χ2n) is 8.93. The minimum atomic E-state index is -0.870. The number of hydrogen-bond acceptors (Lipinski definition) is 5. The van der Waals surface area contributed by atoms with Crippen molar-refractivity contribution in [3.05, 3.63) is 30.1 Å². The van der Waals surface area contributed by atoms with E-state index in [2.05, 4.69) is 10.6 Å². The molecule has 0 spiro atoms. The van der Waals surface area contributed by atoms with E-state index in [1.54, 1.807) is 32.8 Å². The Morgan fingerprint density at radius 2 is 1.84 bits per heavy atom. The van der Waals surface area contributed by atoms with Crippen LogP contribution in [-0.2, 0) is 14.3 Å².